The van der Waals surface area contributed by atoms with Crippen LogP contribution >= 0.6 is 0 Å². The summed E-state index contributed by atoms with van der Waals surface area (Å²) >= 11 is 0. The fraction of sp³-hybridized carbons (Fsp3) is 0.462. The van der Waals surface area contributed by atoms with Crippen molar-refractivity contribution >= 4 is 11.9 Å². The smallest absolute Gasteiger partial charge is 0.306 e. The summed E-state index contributed by atoms with van der Waals surface area (Å²) in [6.07, 6.45) is 4.16. The quantitative estimate of drug-likeness (QED) is 0.844. The number of hydrogen-bond donors (Lipinski definition) is 1. The Hall–Kier alpha value is -2.11. The minimum absolute atomic E-state index is 0.0486. The standard InChI is InChI=1S/C13H16N2O4/c16-11-3-5-14(6-4-11)9-12(17)15-7-1-10(2-8-15)13(18)19/h3-6,10H,1-2,7-9H2,(H,18,19). The van der Waals surface area contributed by atoms with Crippen molar-refractivity contribution in [2.45, 2.75) is 19.4 Å². The van der Waals surface area contributed by atoms with Gasteiger partial charge in [-0.15, -0.1) is 0 Å². The van der Waals surface area contributed by atoms with Gasteiger partial charge < -0.3 is 14.6 Å². The maximum absolute atomic E-state index is 12.0. The molecule has 2 rings (SSSR count). The molecule has 1 saturated heterocycles. The summed E-state index contributed by atoms with van der Waals surface area (Å²) in [5.74, 6) is -1.17. The SMILES string of the molecule is O=C(O)C1CCN(C(=O)Cn2ccc(=O)cc2)CC1. The van der Waals surface area contributed by atoms with Gasteiger partial charge >= 0.3 is 5.97 Å². The molecule has 1 fully saturated rings. The van der Waals surface area contributed by atoms with Crippen LogP contribution in [0.4, 0.5) is 0 Å². The van der Waals surface area contributed by atoms with E-state index in [0.29, 0.717) is 25.9 Å². The van der Waals surface area contributed by atoms with Crippen LogP contribution in [0.25, 0.3) is 0 Å². The average Bonchev–Trinajstić information content (AvgIpc) is 2.41. The van der Waals surface area contributed by atoms with Crippen molar-refractivity contribution in [1.82, 2.24) is 9.47 Å². The topological polar surface area (TPSA) is 79.6 Å². The molecule has 1 N–H and O–H groups in total. The van der Waals surface area contributed by atoms with Crippen molar-refractivity contribution in [2.24, 2.45) is 5.92 Å². The lowest BCUT2D eigenvalue weighted by Crippen LogP contribution is -2.41. The van der Waals surface area contributed by atoms with Crippen molar-refractivity contribution in [1.29, 1.82) is 0 Å². The highest BCUT2D eigenvalue weighted by molar-refractivity contribution is 5.76. The molecular formula is C13H16N2O4. The van der Waals surface area contributed by atoms with Crippen LogP contribution in [0.5, 0.6) is 0 Å². The molecule has 1 aromatic rings. The number of nitrogens with zero attached hydrogens (tertiary/aromatic N) is 2. The number of carboxylic acid groups (broad SMARTS) is 1. The van der Waals surface area contributed by atoms with E-state index >= 15 is 0 Å². The summed E-state index contributed by atoms with van der Waals surface area (Å²) in [5.41, 5.74) is -0.0917. The second kappa shape index (κ2) is 5.69. The summed E-state index contributed by atoms with van der Waals surface area (Å²) in [5, 5.41) is 8.89. The van der Waals surface area contributed by atoms with E-state index in [9.17, 15) is 14.4 Å². The van der Waals surface area contributed by atoms with Gasteiger partial charge in [0.2, 0.25) is 5.91 Å². The molecule has 0 aromatic carbocycles. The van der Waals surface area contributed by atoms with Crippen LogP contribution in [0.2, 0.25) is 0 Å². The Kier molecular flexibility index (Phi) is 3.99. The van der Waals surface area contributed by atoms with Crippen LogP contribution in [0, 0.1) is 5.92 Å². The Morgan fingerprint density at radius 3 is 2.32 bits per heavy atom. The van der Waals surface area contributed by atoms with Crippen LogP contribution in [0.3, 0.4) is 0 Å². The normalized spacial score (nSPS) is 16.3. The van der Waals surface area contributed by atoms with Gasteiger partial charge in [-0.2, -0.15) is 0 Å². The highest BCUT2D eigenvalue weighted by Crippen LogP contribution is 2.17. The number of rotatable bonds is 3. The monoisotopic (exact) mass is 264 g/mol. The zero-order valence-electron chi connectivity index (χ0n) is 10.5. The molecule has 0 aliphatic carbocycles. The maximum atomic E-state index is 12.0. The number of pyridine rings is 1. The Labute approximate surface area is 110 Å². The molecular weight excluding hydrogens is 248 g/mol. The number of aliphatic carboxylic acids is 1. The van der Waals surface area contributed by atoms with Gasteiger partial charge in [-0.1, -0.05) is 0 Å². The number of carboxylic acids is 1. The molecule has 0 atom stereocenters. The molecule has 1 amide bonds. The molecule has 0 saturated carbocycles. The van der Waals surface area contributed by atoms with Crippen LogP contribution in [0.15, 0.2) is 29.3 Å². The van der Waals surface area contributed by atoms with Crippen LogP contribution in [0.1, 0.15) is 12.8 Å². The summed E-state index contributed by atoms with van der Waals surface area (Å²) < 4.78 is 1.65. The molecule has 1 aromatic heterocycles. The number of carbonyl (C=O) groups is 2. The molecule has 0 bridgehead atoms. The van der Waals surface area contributed by atoms with Crippen LogP contribution in [-0.2, 0) is 16.1 Å². The number of aromatic nitrogens is 1. The molecule has 0 spiro atoms. The van der Waals surface area contributed by atoms with Crippen molar-refractivity contribution in [3.8, 4) is 0 Å². The van der Waals surface area contributed by atoms with Crippen molar-refractivity contribution in [3.05, 3.63) is 34.7 Å². The summed E-state index contributed by atoms with van der Waals surface area (Å²) in [6.45, 7) is 1.14. The van der Waals surface area contributed by atoms with Crippen molar-refractivity contribution < 1.29 is 14.7 Å². The second-order valence-electron chi connectivity index (χ2n) is 4.70. The van der Waals surface area contributed by atoms with E-state index in [1.807, 2.05) is 0 Å². The fourth-order valence-electron chi connectivity index (χ4n) is 2.18. The Morgan fingerprint density at radius 1 is 1.21 bits per heavy atom. The minimum atomic E-state index is -0.785. The van der Waals surface area contributed by atoms with Gasteiger partial charge in [0.25, 0.3) is 0 Å². The number of hydrogen-bond acceptors (Lipinski definition) is 3. The number of piperidine rings is 1. The summed E-state index contributed by atoms with van der Waals surface area (Å²) in [7, 11) is 0. The lowest BCUT2D eigenvalue weighted by Gasteiger charge is -2.30. The predicted octanol–water partition coefficient (Wildman–Crippen LogP) is 0.171. The first kappa shape index (κ1) is 13.3. The van der Waals surface area contributed by atoms with E-state index < -0.39 is 5.97 Å². The second-order valence-corrected chi connectivity index (χ2v) is 4.70. The van der Waals surface area contributed by atoms with Crippen molar-refractivity contribution in [3.63, 3.8) is 0 Å². The maximum Gasteiger partial charge on any atom is 0.306 e. The first-order valence-electron chi connectivity index (χ1n) is 6.23. The summed E-state index contributed by atoms with van der Waals surface area (Å²) in [6, 6.07) is 2.81. The van der Waals surface area contributed by atoms with E-state index in [-0.39, 0.29) is 23.8 Å². The van der Waals surface area contributed by atoms with Crippen molar-refractivity contribution in [2.75, 3.05) is 13.1 Å². The van der Waals surface area contributed by atoms with Gasteiger partial charge in [0.05, 0.1) is 5.92 Å². The molecule has 0 radical (unpaired) electrons. The van der Waals surface area contributed by atoms with Gasteiger partial charge in [-0.05, 0) is 12.8 Å². The molecule has 19 heavy (non-hydrogen) atoms. The molecule has 1 aliphatic rings. The molecule has 0 unspecified atom stereocenters. The van der Waals surface area contributed by atoms with Crippen LogP contribution in [-0.4, -0.2) is 39.5 Å². The molecule has 1 aliphatic heterocycles. The third kappa shape index (κ3) is 3.43. The molecule has 2 heterocycles. The van der Waals surface area contributed by atoms with Gasteiger partial charge in [0, 0.05) is 37.6 Å². The zero-order chi connectivity index (χ0) is 13.8. The van der Waals surface area contributed by atoms with Gasteiger partial charge in [-0.3, -0.25) is 14.4 Å². The highest BCUT2D eigenvalue weighted by atomic mass is 16.4. The van der Waals surface area contributed by atoms with E-state index in [0.717, 1.165) is 0 Å². The number of carbonyl (C=O) groups excluding carboxylic acids is 1. The van der Waals surface area contributed by atoms with E-state index in [4.69, 9.17) is 5.11 Å². The molecule has 6 heteroatoms. The van der Waals surface area contributed by atoms with E-state index in [1.54, 1.807) is 21.9 Å². The third-order valence-electron chi connectivity index (χ3n) is 3.38. The average molecular weight is 264 g/mol. The fourth-order valence-corrected chi connectivity index (χ4v) is 2.18. The van der Waals surface area contributed by atoms with Crippen LogP contribution < -0.4 is 5.43 Å². The lowest BCUT2D eigenvalue weighted by atomic mass is 9.97. The van der Waals surface area contributed by atoms with Gasteiger partial charge in [-0.25, -0.2) is 0 Å². The first-order valence-corrected chi connectivity index (χ1v) is 6.23. The highest BCUT2D eigenvalue weighted by Gasteiger charge is 2.26. The molecule has 102 valence electrons. The van der Waals surface area contributed by atoms with E-state index in [1.165, 1.54) is 12.1 Å². The minimum Gasteiger partial charge on any atom is -0.481 e. The number of amides is 1. The lowest BCUT2D eigenvalue weighted by molar-refractivity contribution is -0.145. The number of likely N-dealkylation sites (tertiary alicyclic amines) is 1. The molecule has 6 nitrogen and oxygen atoms in total. The zero-order valence-corrected chi connectivity index (χ0v) is 10.5. The van der Waals surface area contributed by atoms with E-state index in [2.05, 4.69) is 0 Å². The third-order valence-corrected chi connectivity index (χ3v) is 3.38. The Balaban J connectivity index is 1.89. The van der Waals surface area contributed by atoms with Gasteiger partial charge in [0.15, 0.2) is 5.43 Å². The largest absolute Gasteiger partial charge is 0.481 e. The Bertz CT molecular complexity index is 509. The first-order chi connectivity index (χ1) is 9.06. The van der Waals surface area contributed by atoms with Gasteiger partial charge in [0.1, 0.15) is 6.54 Å². The summed E-state index contributed by atoms with van der Waals surface area (Å²) in [4.78, 5) is 35.4. The Morgan fingerprint density at radius 2 is 1.79 bits per heavy atom. The predicted molar refractivity (Wildman–Crippen MR) is 67.6 cm³/mol.